The zero-order valence-corrected chi connectivity index (χ0v) is 14.3. The van der Waals surface area contributed by atoms with E-state index in [4.69, 9.17) is 10.5 Å². The first-order chi connectivity index (χ1) is 11.6. The average molecular weight is 327 g/mol. The van der Waals surface area contributed by atoms with Gasteiger partial charge in [-0.2, -0.15) is 0 Å². The molecule has 5 nitrogen and oxygen atoms in total. The van der Waals surface area contributed by atoms with Crippen molar-refractivity contribution in [3.63, 3.8) is 0 Å². The van der Waals surface area contributed by atoms with Crippen LogP contribution in [0.1, 0.15) is 46.9 Å². The van der Waals surface area contributed by atoms with Gasteiger partial charge in [0.05, 0.1) is 17.9 Å². The molecule has 0 aliphatic carbocycles. The second kappa shape index (κ2) is 9.03. The molecule has 1 aromatic heterocycles. The van der Waals surface area contributed by atoms with Gasteiger partial charge in [-0.05, 0) is 36.1 Å². The van der Waals surface area contributed by atoms with Crippen LogP contribution >= 0.6 is 0 Å². The molecule has 24 heavy (non-hydrogen) atoms. The van der Waals surface area contributed by atoms with Crippen molar-refractivity contribution in [1.29, 1.82) is 0 Å². The number of ether oxygens (including phenoxy) is 1. The molecule has 0 bridgehead atoms. The summed E-state index contributed by atoms with van der Waals surface area (Å²) in [7, 11) is 1.59. The molecule has 5 heteroatoms. The fourth-order valence-electron chi connectivity index (χ4n) is 2.42. The van der Waals surface area contributed by atoms with Crippen molar-refractivity contribution in [2.75, 3.05) is 12.8 Å². The molecule has 0 atom stereocenters. The van der Waals surface area contributed by atoms with E-state index in [1.807, 2.05) is 0 Å². The number of hydrogen-bond acceptors (Lipinski definition) is 4. The van der Waals surface area contributed by atoms with Crippen LogP contribution in [0.3, 0.4) is 0 Å². The van der Waals surface area contributed by atoms with Crippen LogP contribution in [0.4, 0.5) is 5.82 Å². The van der Waals surface area contributed by atoms with Gasteiger partial charge in [0.15, 0.2) is 0 Å². The summed E-state index contributed by atoms with van der Waals surface area (Å²) >= 11 is 0. The Bertz CT molecular complexity index is 669. The quantitative estimate of drug-likeness (QED) is 0.781. The number of nitrogen functional groups attached to an aromatic ring is 1. The van der Waals surface area contributed by atoms with Crippen LogP contribution in [0.2, 0.25) is 0 Å². The summed E-state index contributed by atoms with van der Waals surface area (Å²) in [4.78, 5) is 16.4. The zero-order chi connectivity index (χ0) is 17.4. The monoisotopic (exact) mass is 327 g/mol. The minimum absolute atomic E-state index is 0.219. The van der Waals surface area contributed by atoms with E-state index in [1.54, 1.807) is 19.2 Å². The zero-order valence-electron chi connectivity index (χ0n) is 14.3. The molecule has 1 aromatic carbocycles. The molecule has 0 spiro atoms. The van der Waals surface area contributed by atoms with Gasteiger partial charge in [0.2, 0.25) is 0 Å². The molecular formula is C19H25N3O2. The summed E-state index contributed by atoms with van der Waals surface area (Å²) in [6.07, 6.45) is 3.48. The normalized spacial score (nSPS) is 10.6. The Morgan fingerprint density at radius 1 is 1.17 bits per heavy atom. The van der Waals surface area contributed by atoms with Gasteiger partial charge in [-0.1, -0.05) is 37.6 Å². The Labute approximate surface area is 143 Å². The SMILES string of the molecule is CCCCc1ccc(CNC(=O)c2ccc(COC)nc2N)cc1. The molecule has 2 rings (SSSR count). The highest BCUT2D eigenvalue weighted by molar-refractivity contribution is 5.98. The number of benzene rings is 1. The van der Waals surface area contributed by atoms with Gasteiger partial charge in [0.25, 0.3) is 5.91 Å². The van der Waals surface area contributed by atoms with Crippen molar-refractivity contribution in [1.82, 2.24) is 10.3 Å². The summed E-state index contributed by atoms with van der Waals surface area (Å²) in [6, 6.07) is 11.8. The minimum Gasteiger partial charge on any atom is -0.383 e. The Morgan fingerprint density at radius 3 is 2.50 bits per heavy atom. The van der Waals surface area contributed by atoms with Gasteiger partial charge in [-0.25, -0.2) is 4.98 Å². The van der Waals surface area contributed by atoms with Crippen LogP contribution in [-0.4, -0.2) is 18.0 Å². The molecule has 1 amide bonds. The Hall–Kier alpha value is -2.40. The van der Waals surface area contributed by atoms with E-state index >= 15 is 0 Å². The fourth-order valence-corrected chi connectivity index (χ4v) is 2.42. The van der Waals surface area contributed by atoms with Gasteiger partial charge in [-0.15, -0.1) is 0 Å². The first-order valence-corrected chi connectivity index (χ1v) is 8.24. The van der Waals surface area contributed by atoms with Crippen LogP contribution in [0.15, 0.2) is 36.4 Å². The number of nitrogens with one attached hydrogen (secondary N) is 1. The highest BCUT2D eigenvalue weighted by Gasteiger charge is 2.11. The highest BCUT2D eigenvalue weighted by Crippen LogP contribution is 2.12. The number of pyridine rings is 1. The summed E-state index contributed by atoms with van der Waals surface area (Å²) in [5, 5.41) is 2.88. The van der Waals surface area contributed by atoms with Crippen molar-refractivity contribution >= 4 is 11.7 Å². The van der Waals surface area contributed by atoms with Crippen LogP contribution in [0.25, 0.3) is 0 Å². The lowest BCUT2D eigenvalue weighted by molar-refractivity contribution is 0.0951. The number of carbonyl (C=O) groups excluding carboxylic acids is 1. The first-order valence-electron chi connectivity index (χ1n) is 8.24. The Kier molecular flexibility index (Phi) is 6.75. The summed E-state index contributed by atoms with van der Waals surface area (Å²) < 4.78 is 5.00. The molecule has 0 saturated carbocycles. The summed E-state index contributed by atoms with van der Waals surface area (Å²) in [6.45, 7) is 3.02. The number of aromatic nitrogens is 1. The standard InChI is InChI=1S/C19H25N3O2/c1-3-4-5-14-6-8-15(9-7-14)12-21-19(23)17-11-10-16(13-24-2)22-18(17)20/h6-11H,3-5,12-13H2,1-2H3,(H2,20,22)(H,21,23). The number of anilines is 1. The predicted molar refractivity (Wildman–Crippen MR) is 95.6 cm³/mol. The molecule has 0 aliphatic heterocycles. The molecule has 128 valence electrons. The topological polar surface area (TPSA) is 77.2 Å². The highest BCUT2D eigenvalue weighted by atomic mass is 16.5. The van der Waals surface area contributed by atoms with Crippen LogP contribution in [-0.2, 0) is 24.3 Å². The maximum atomic E-state index is 12.3. The van der Waals surface area contributed by atoms with E-state index in [9.17, 15) is 4.79 Å². The summed E-state index contributed by atoms with van der Waals surface area (Å²) in [5.41, 5.74) is 9.34. The van der Waals surface area contributed by atoms with Crippen molar-refractivity contribution in [2.45, 2.75) is 39.3 Å². The minimum atomic E-state index is -0.223. The molecule has 0 unspecified atom stereocenters. The number of unbranched alkanes of at least 4 members (excludes halogenated alkanes) is 1. The van der Waals surface area contributed by atoms with E-state index in [0.29, 0.717) is 24.4 Å². The number of amides is 1. The van der Waals surface area contributed by atoms with Gasteiger partial charge < -0.3 is 15.8 Å². The molecule has 0 aliphatic rings. The Balaban J connectivity index is 1.93. The van der Waals surface area contributed by atoms with Crippen molar-refractivity contribution in [3.8, 4) is 0 Å². The van der Waals surface area contributed by atoms with Crippen LogP contribution in [0.5, 0.6) is 0 Å². The lowest BCUT2D eigenvalue weighted by Crippen LogP contribution is -2.24. The lowest BCUT2D eigenvalue weighted by Gasteiger charge is -2.09. The van der Waals surface area contributed by atoms with Crippen molar-refractivity contribution < 1.29 is 9.53 Å². The number of nitrogens with two attached hydrogens (primary N) is 1. The van der Waals surface area contributed by atoms with E-state index in [0.717, 1.165) is 12.0 Å². The second-order valence-corrected chi connectivity index (χ2v) is 5.77. The number of carbonyl (C=O) groups is 1. The van der Waals surface area contributed by atoms with Crippen LogP contribution in [0, 0.1) is 0 Å². The smallest absolute Gasteiger partial charge is 0.255 e. The molecule has 0 radical (unpaired) electrons. The molecular weight excluding hydrogens is 302 g/mol. The molecule has 0 saturated heterocycles. The molecule has 0 fully saturated rings. The van der Waals surface area contributed by atoms with Gasteiger partial charge in [0, 0.05) is 13.7 Å². The van der Waals surface area contributed by atoms with Gasteiger partial charge in [0.1, 0.15) is 5.82 Å². The van der Waals surface area contributed by atoms with Crippen LogP contribution < -0.4 is 11.1 Å². The largest absolute Gasteiger partial charge is 0.383 e. The van der Waals surface area contributed by atoms with E-state index in [2.05, 4.69) is 41.5 Å². The molecule has 3 N–H and O–H groups in total. The number of aryl methyl sites for hydroxylation is 1. The fraction of sp³-hybridized carbons (Fsp3) is 0.368. The number of rotatable bonds is 8. The molecule has 2 aromatic rings. The van der Waals surface area contributed by atoms with Gasteiger partial charge in [-0.3, -0.25) is 4.79 Å². The number of nitrogens with zero attached hydrogens (tertiary/aromatic N) is 1. The van der Waals surface area contributed by atoms with E-state index < -0.39 is 0 Å². The third kappa shape index (κ3) is 5.06. The maximum Gasteiger partial charge on any atom is 0.255 e. The van der Waals surface area contributed by atoms with Crippen molar-refractivity contribution in [3.05, 3.63) is 58.8 Å². The van der Waals surface area contributed by atoms with E-state index in [1.165, 1.54) is 18.4 Å². The Morgan fingerprint density at radius 2 is 1.88 bits per heavy atom. The lowest BCUT2D eigenvalue weighted by atomic mass is 10.1. The van der Waals surface area contributed by atoms with Gasteiger partial charge >= 0.3 is 0 Å². The number of hydrogen-bond donors (Lipinski definition) is 2. The van der Waals surface area contributed by atoms with Crippen molar-refractivity contribution in [2.24, 2.45) is 0 Å². The third-order valence-corrected chi connectivity index (χ3v) is 3.81. The summed E-state index contributed by atoms with van der Waals surface area (Å²) in [5.74, 6) is -0.00371. The molecule has 1 heterocycles. The maximum absolute atomic E-state index is 12.3. The first kappa shape index (κ1) is 17.9. The average Bonchev–Trinajstić information content (AvgIpc) is 2.59. The second-order valence-electron chi connectivity index (χ2n) is 5.77. The van der Waals surface area contributed by atoms with E-state index in [-0.39, 0.29) is 11.7 Å². The number of methoxy groups -OCH3 is 1. The predicted octanol–water partition coefficient (Wildman–Crippen LogP) is 3.08. The third-order valence-electron chi connectivity index (χ3n) is 3.81.